The van der Waals surface area contributed by atoms with Gasteiger partial charge in [0.25, 0.3) is 5.56 Å². The fourth-order valence-electron chi connectivity index (χ4n) is 3.90. The van der Waals surface area contributed by atoms with Crippen LogP contribution in [0.5, 0.6) is 0 Å². The Morgan fingerprint density at radius 1 is 0.968 bits per heavy atom. The molecule has 0 unspecified atom stereocenters. The molecule has 6 heteroatoms. The molecule has 5 rings (SSSR count). The predicted octanol–water partition coefficient (Wildman–Crippen LogP) is 4.95. The summed E-state index contributed by atoms with van der Waals surface area (Å²) < 4.78 is 1.62. The largest absolute Gasteiger partial charge is 0.478 e. The van der Waals surface area contributed by atoms with Gasteiger partial charge in [0.15, 0.2) is 0 Å². The molecule has 0 saturated heterocycles. The van der Waals surface area contributed by atoms with Crippen LogP contribution in [0.25, 0.3) is 21.0 Å². The van der Waals surface area contributed by atoms with Gasteiger partial charge in [-0.15, -0.1) is 11.3 Å². The molecule has 0 radical (unpaired) electrons. The Morgan fingerprint density at radius 2 is 1.71 bits per heavy atom. The molecule has 0 saturated carbocycles. The maximum absolute atomic E-state index is 13.5. The summed E-state index contributed by atoms with van der Waals surface area (Å²) in [5.41, 5.74) is 1.72. The van der Waals surface area contributed by atoms with Gasteiger partial charge >= 0.3 is 5.97 Å². The van der Waals surface area contributed by atoms with Gasteiger partial charge in [-0.2, -0.15) is 0 Å². The number of rotatable bonds is 5. The van der Waals surface area contributed by atoms with E-state index < -0.39 is 5.97 Å². The molecule has 0 bridgehead atoms. The lowest BCUT2D eigenvalue weighted by Gasteiger charge is -2.14. The number of thiophene rings is 1. The SMILES string of the molecule is O=C(O)c1csc2nc(Cc3ccccc3)n(Cc3cccc4ccccc34)c(=O)c12. The first-order valence-electron chi connectivity index (χ1n) is 9.86. The molecular formula is C25H18N2O3S. The highest BCUT2D eigenvalue weighted by molar-refractivity contribution is 7.17. The highest BCUT2D eigenvalue weighted by atomic mass is 32.1. The lowest BCUT2D eigenvalue weighted by Crippen LogP contribution is -2.26. The molecular weight excluding hydrogens is 408 g/mol. The van der Waals surface area contributed by atoms with Crippen LogP contribution >= 0.6 is 11.3 Å². The van der Waals surface area contributed by atoms with E-state index >= 15 is 0 Å². The van der Waals surface area contributed by atoms with Crippen LogP contribution in [-0.4, -0.2) is 20.6 Å². The lowest BCUT2D eigenvalue weighted by molar-refractivity contribution is 0.0699. The third-order valence-corrected chi connectivity index (χ3v) is 6.29. The van der Waals surface area contributed by atoms with Gasteiger partial charge in [0.05, 0.1) is 17.5 Å². The van der Waals surface area contributed by atoms with Crippen molar-refractivity contribution in [2.75, 3.05) is 0 Å². The second-order valence-corrected chi connectivity index (χ2v) is 8.21. The second kappa shape index (κ2) is 7.81. The van der Waals surface area contributed by atoms with Crippen molar-refractivity contribution in [3.8, 4) is 0 Å². The molecule has 2 aromatic heterocycles. The van der Waals surface area contributed by atoms with E-state index in [1.165, 1.54) is 16.7 Å². The Hall–Kier alpha value is -3.77. The number of carboxylic acid groups (broad SMARTS) is 1. The summed E-state index contributed by atoms with van der Waals surface area (Å²) in [6.07, 6.45) is 0.483. The van der Waals surface area contributed by atoms with Crippen molar-refractivity contribution in [1.82, 2.24) is 9.55 Å². The molecule has 5 aromatic rings. The summed E-state index contributed by atoms with van der Waals surface area (Å²) in [5.74, 6) is -0.493. The molecule has 0 aliphatic rings. The summed E-state index contributed by atoms with van der Waals surface area (Å²) in [6.45, 7) is 0.320. The molecule has 0 aliphatic carbocycles. The minimum atomic E-state index is -1.11. The molecule has 0 aliphatic heterocycles. The summed E-state index contributed by atoms with van der Waals surface area (Å²) >= 11 is 1.19. The van der Waals surface area contributed by atoms with E-state index in [1.807, 2.05) is 72.8 Å². The Labute approximate surface area is 181 Å². The van der Waals surface area contributed by atoms with Gasteiger partial charge in [-0.1, -0.05) is 72.8 Å². The van der Waals surface area contributed by atoms with Crippen LogP contribution in [0.1, 0.15) is 27.3 Å². The number of benzene rings is 3. The van der Waals surface area contributed by atoms with Gasteiger partial charge < -0.3 is 5.11 Å². The molecule has 1 N–H and O–H groups in total. The van der Waals surface area contributed by atoms with Crippen LogP contribution in [0.4, 0.5) is 0 Å². The van der Waals surface area contributed by atoms with Crippen molar-refractivity contribution in [1.29, 1.82) is 0 Å². The van der Waals surface area contributed by atoms with Crippen molar-refractivity contribution in [2.45, 2.75) is 13.0 Å². The summed E-state index contributed by atoms with van der Waals surface area (Å²) in [5, 5.41) is 13.4. The van der Waals surface area contributed by atoms with Gasteiger partial charge in [-0.05, 0) is 21.9 Å². The standard InChI is InChI=1S/C25H18N2O3S/c28-24-22-20(25(29)30)15-31-23(22)26-21(13-16-7-2-1-3-8-16)27(24)14-18-11-6-10-17-9-4-5-12-19(17)18/h1-12,15H,13-14H2,(H,29,30). The first kappa shape index (κ1) is 19.2. The number of aromatic nitrogens is 2. The number of carbonyl (C=O) groups is 1. The topological polar surface area (TPSA) is 72.2 Å². The molecule has 0 fully saturated rings. The minimum Gasteiger partial charge on any atom is -0.478 e. The van der Waals surface area contributed by atoms with E-state index in [0.717, 1.165) is 21.9 Å². The van der Waals surface area contributed by atoms with Crippen LogP contribution in [-0.2, 0) is 13.0 Å². The smallest absolute Gasteiger partial charge is 0.337 e. The number of carboxylic acids is 1. The third kappa shape index (κ3) is 3.51. The zero-order valence-electron chi connectivity index (χ0n) is 16.5. The predicted molar refractivity (Wildman–Crippen MR) is 123 cm³/mol. The number of aromatic carboxylic acids is 1. The zero-order valence-corrected chi connectivity index (χ0v) is 17.3. The average Bonchev–Trinajstić information content (AvgIpc) is 3.22. The van der Waals surface area contributed by atoms with Crippen LogP contribution in [0, 0.1) is 0 Å². The van der Waals surface area contributed by atoms with E-state index in [-0.39, 0.29) is 16.5 Å². The molecule has 152 valence electrons. The Bertz CT molecular complexity index is 1480. The fraction of sp³-hybridized carbons (Fsp3) is 0.0800. The summed E-state index contributed by atoms with van der Waals surface area (Å²) in [6, 6.07) is 23.9. The Balaban J connectivity index is 1.72. The quantitative estimate of drug-likeness (QED) is 0.432. The molecule has 3 aromatic carbocycles. The molecule has 5 nitrogen and oxygen atoms in total. The van der Waals surface area contributed by atoms with Crippen molar-refractivity contribution >= 4 is 38.3 Å². The summed E-state index contributed by atoms with van der Waals surface area (Å²) in [4.78, 5) is 30.4. The zero-order chi connectivity index (χ0) is 21.4. The van der Waals surface area contributed by atoms with Crippen LogP contribution in [0.2, 0.25) is 0 Å². The van der Waals surface area contributed by atoms with E-state index in [9.17, 15) is 14.7 Å². The average molecular weight is 426 g/mol. The van der Waals surface area contributed by atoms with Crippen LogP contribution in [0.15, 0.2) is 83.0 Å². The number of hydrogen-bond donors (Lipinski definition) is 1. The van der Waals surface area contributed by atoms with E-state index in [2.05, 4.69) is 0 Å². The number of fused-ring (bicyclic) bond motifs is 2. The Morgan fingerprint density at radius 3 is 2.52 bits per heavy atom. The van der Waals surface area contributed by atoms with Gasteiger partial charge in [0.2, 0.25) is 0 Å². The van der Waals surface area contributed by atoms with Crippen molar-refractivity contribution in [3.63, 3.8) is 0 Å². The fourth-order valence-corrected chi connectivity index (χ4v) is 4.82. The molecule has 0 amide bonds. The molecule has 2 heterocycles. The molecule has 0 atom stereocenters. The minimum absolute atomic E-state index is 0.00966. The van der Waals surface area contributed by atoms with Crippen molar-refractivity contribution in [2.24, 2.45) is 0 Å². The second-order valence-electron chi connectivity index (χ2n) is 7.35. The lowest BCUT2D eigenvalue weighted by atomic mass is 10.0. The van der Waals surface area contributed by atoms with Crippen LogP contribution < -0.4 is 5.56 Å². The van der Waals surface area contributed by atoms with Gasteiger partial charge in [0, 0.05) is 11.8 Å². The maximum atomic E-state index is 13.5. The normalized spacial score (nSPS) is 11.2. The van der Waals surface area contributed by atoms with Gasteiger partial charge in [-0.25, -0.2) is 9.78 Å². The highest BCUT2D eigenvalue weighted by Crippen LogP contribution is 2.24. The highest BCUT2D eigenvalue weighted by Gasteiger charge is 2.20. The third-order valence-electron chi connectivity index (χ3n) is 5.42. The van der Waals surface area contributed by atoms with E-state index in [1.54, 1.807) is 4.57 Å². The van der Waals surface area contributed by atoms with E-state index in [4.69, 9.17) is 4.98 Å². The Kier molecular flexibility index (Phi) is 4.84. The van der Waals surface area contributed by atoms with Crippen molar-refractivity contribution < 1.29 is 9.90 Å². The monoisotopic (exact) mass is 426 g/mol. The van der Waals surface area contributed by atoms with E-state index in [0.29, 0.717) is 23.6 Å². The molecule has 31 heavy (non-hydrogen) atoms. The van der Waals surface area contributed by atoms with Crippen LogP contribution in [0.3, 0.4) is 0 Å². The number of hydrogen-bond acceptors (Lipinski definition) is 4. The maximum Gasteiger partial charge on any atom is 0.337 e. The number of nitrogens with zero attached hydrogens (tertiary/aromatic N) is 2. The van der Waals surface area contributed by atoms with Crippen molar-refractivity contribution in [3.05, 3.63) is 111 Å². The first-order valence-corrected chi connectivity index (χ1v) is 10.7. The first-order chi connectivity index (χ1) is 15.1. The van der Waals surface area contributed by atoms with Gasteiger partial charge in [0.1, 0.15) is 10.7 Å². The molecule has 0 spiro atoms. The van der Waals surface area contributed by atoms with Gasteiger partial charge in [-0.3, -0.25) is 9.36 Å². The summed E-state index contributed by atoms with van der Waals surface area (Å²) in [7, 11) is 0.